The minimum Gasteiger partial charge on any atom is -0.461 e. The Hall–Kier alpha value is -1.31. The van der Waals surface area contributed by atoms with Gasteiger partial charge in [-0.05, 0) is 16.4 Å². The van der Waals surface area contributed by atoms with Crippen molar-refractivity contribution in [2.75, 3.05) is 0 Å². The monoisotopic (exact) mass is 262 g/mol. The number of hydrogen-bond acceptors (Lipinski definition) is 2. The molecule has 106 valence electrons. The molecule has 0 amide bonds. The minimum absolute atomic E-state index is 0.105. The zero-order chi connectivity index (χ0) is 14.7. The van der Waals surface area contributed by atoms with Gasteiger partial charge >= 0.3 is 5.97 Å². The molecule has 0 bridgehead atoms. The summed E-state index contributed by atoms with van der Waals surface area (Å²) in [6.45, 7) is 12.9. The molecule has 0 radical (unpaired) electrons. The fourth-order valence-electron chi connectivity index (χ4n) is 2.82. The number of carbonyl (C=O) groups excluding carboxylic acids is 1. The first-order chi connectivity index (χ1) is 8.62. The summed E-state index contributed by atoms with van der Waals surface area (Å²) in [7, 11) is 0. The van der Waals surface area contributed by atoms with Crippen LogP contribution in [0.1, 0.15) is 47.1 Å². The van der Waals surface area contributed by atoms with Gasteiger partial charge in [0.05, 0.1) is 5.92 Å². The van der Waals surface area contributed by atoms with Crippen molar-refractivity contribution in [1.82, 2.24) is 0 Å². The summed E-state index contributed by atoms with van der Waals surface area (Å²) in [5.41, 5.74) is 0.815. The molecule has 0 aromatic heterocycles. The molecule has 0 N–H and O–H groups in total. The Morgan fingerprint density at radius 3 is 1.89 bits per heavy atom. The smallest absolute Gasteiger partial charge is 0.310 e. The number of ether oxygens (including phenoxy) is 1. The van der Waals surface area contributed by atoms with Gasteiger partial charge in [0.2, 0.25) is 0 Å². The van der Waals surface area contributed by atoms with Gasteiger partial charge in [-0.3, -0.25) is 4.79 Å². The SMILES string of the molecule is CC(C)(C)C(C(=O)OCc1ccccc1)C(C)(C)C. The lowest BCUT2D eigenvalue weighted by Gasteiger charge is -2.38. The van der Waals surface area contributed by atoms with Gasteiger partial charge in [0.15, 0.2) is 0 Å². The summed E-state index contributed by atoms with van der Waals surface area (Å²) in [6.07, 6.45) is 0. The van der Waals surface area contributed by atoms with Crippen molar-refractivity contribution in [3.8, 4) is 0 Å². The third-order valence-electron chi connectivity index (χ3n) is 3.19. The maximum Gasteiger partial charge on any atom is 0.310 e. The van der Waals surface area contributed by atoms with Crippen molar-refractivity contribution in [3.05, 3.63) is 35.9 Å². The topological polar surface area (TPSA) is 26.3 Å². The lowest BCUT2D eigenvalue weighted by atomic mass is 9.67. The van der Waals surface area contributed by atoms with E-state index >= 15 is 0 Å². The molecule has 0 unspecified atom stereocenters. The first kappa shape index (κ1) is 15.7. The van der Waals surface area contributed by atoms with Crippen LogP contribution in [0.3, 0.4) is 0 Å². The lowest BCUT2D eigenvalue weighted by Crippen LogP contribution is -2.39. The Morgan fingerprint density at radius 1 is 1.00 bits per heavy atom. The molecule has 0 saturated carbocycles. The predicted octanol–water partition coefficient (Wildman–Crippen LogP) is 4.44. The highest BCUT2D eigenvalue weighted by atomic mass is 16.5. The molecule has 0 fully saturated rings. The van der Waals surface area contributed by atoms with Crippen molar-refractivity contribution in [2.45, 2.75) is 48.1 Å². The van der Waals surface area contributed by atoms with Crippen LogP contribution in [0.2, 0.25) is 0 Å². The van der Waals surface area contributed by atoms with E-state index in [0.29, 0.717) is 6.61 Å². The minimum atomic E-state index is -0.122. The van der Waals surface area contributed by atoms with Crippen LogP contribution >= 0.6 is 0 Å². The second-order valence-electron chi connectivity index (χ2n) is 7.26. The first-order valence-corrected chi connectivity index (χ1v) is 6.83. The lowest BCUT2D eigenvalue weighted by molar-refractivity contribution is -0.159. The summed E-state index contributed by atoms with van der Waals surface area (Å²) in [4.78, 5) is 12.4. The number of benzene rings is 1. The van der Waals surface area contributed by atoms with Gasteiger partial charge in [0.1, 0.15) is 6.61 Å². The van der Waals surface area contributed by atoms with Crippen LogP contribution in [0.4, 0.5) is 0 Å². The normalized spacial score (nSPS) is 12.6. The average Bonchev–Trinajstić information content (AvgIpc) is 2.24. The van der Waals surface area contributed by atoms with E-state index in [-0.39, 0.29) is 22.7 Å². The fourth-order valence-corrected chi connectivity index (χ4v) is 2.82. The van der Waals surface area contributed by atoms with Crippen molar-refractivity contribution in [3.63, 3.8) is 0 Å². The second-order valence-corrected chi connectivity index (χ2v) is 7.26. The predicted molar refractivity (Wildman–Crippen MR) is 78.6 cm³/mol. The molecule has 19 heavy (non-hydrogen) atoms. The van der Waals surface area contributed by atoms with E-state index in [9.17, 15) is 4.79 Å². The van der Waals surface area contributed by atoms with Gasteiger partial charge in [-0.15, -0.1) is 0 Å². The van der Waals surface area contributed by atoms with E-state index in [2.05, 4.69) is 41.5 Å². The largest absolute Gasteiger partial charge is 0.461 e. The van der Waals surface area contributed by atoms with Crippen LogP contribution in [-0.4, -0.2) is 5.97 Å². The van der Waals surface area contributed by atoms with Crippen molar-refractivity contribution < 1.29 is 9.53 Å². The molecule has 0 aliphatic heterocycles. The zero-order valence-corrected chi connectivity index (χ0v) is 13.0. The summed E-state index contributed by atoms with van der Waals surface area (Å²) in [6, 6.07) is 9.80. The molecule has 0 saturated heterocycles. The maximum absolute atomic E-state index is 12.4. The van der Waals surface area contributed by atoms with Gasteiger partial charge in [-0.1, -0.05) is 71.9 Å². The van der Waals surface area contributed by atoms with Crippen LogP contribution in [0.15, 0.2) is 30.3 Å². The quantitative estimate of drug-likeness (QED) is 0.753. The molecule has 0 aliphatic rings. The van der Waals surface area contributed by atoms with Gasteiger partial charge in [-0.2, -0.15) is 0 Å². The van der Waals surface area contributed by atoms with Gasteiger partial charge in [-0.25, -0.2) is 0 Å². The highest BCUT2D eigenvalue weighted by molar-refractivity contribution is 5.74. The molecule has 0 atom stereocenters. The molecular formula is C17H26O2. The Labute approximate surface area is 117 Å². The van der Waals surface area contributed by atoms with Gasteiger partial charge in [0.25, 0.3) is 0 Å². The van der Waals surface area contributed by atoms with Crippen LogP contribution in [0.5, 0.6) is 0 Å². The van der Waals surface area contributed by atoms with Crippen LogP contribution in [0.25, 0.3) is 0 Å². The molecule has 1 rings (SSSR count). The van der Waals surface area contributed by atoms with Crippen LogP contribution < -0.4 is 0 Å². The standard InChI is InChI=1S/C17H26O2/c1-16(2,3)14(17(4,5)6)15(18)19-12-13-10-8-7-9-11-13/h7-11,14H,12H2,1-6H3. The van der Waals surface area contributed by atoms with E-state index in [0.717, 1.165) is 5.56 Å². The third kappa shape index (κ3) is 4.70. The first-order valence-electron chi connectivity index (χ1n) is 6.83. The molecule has 2 heteroatoms. The van der Waals surface area contributed by atoms with E-state index in [1.54, 1.807) is 0 Å². The highest BCUT2D eigenvalue weighted by Gasteiger charge is 2.41. The third-order valence-corrected chi connectivity index (χ3v) is 3.19. The van der Waals surface area contributed by atoms with Crippen LogP contribution in [-0.2, 0) is 16.1 Å². The number of hydrogen-bond donors (Lipinski definition) is 0. The van der Waals surface area contributed by atoms with E-state index in [1.807, 2.05) is 30.3 Å². The Morgan fingerprint density at radius 2 is 1.47 bits per heavy atom. The summed E-state index contributed by atoms with van der Waals surface area (Å²) in [5, 5.41) is 0. The van der Waals surface area contributed by atoms with E-state index in [1.165, 1.54) is 0 Å². The second kappa shape index (κ2) is 5.77. The summed E-state index contributed by atoms with van der Waals surface area (Å²) >= 11 is 0. The highest BCUT2D eigenvalue weighted by Crippen LogP contribution is 2.40. The number of carbonyl (C=O) groups is 1. The van der Waals surface area contributed by atoms with Crippen molar-refractivity contribution >= 4 is 5.97 Å². The average molecular weight is 262 g/mol. The zero-order valence-electron chi connectivity index (χ0n) is 13.0. The van der Waals surface area contributed by atoms with Crippen molar-refractivity contribution in [2.24, 2.45) is 16.7 Å². The number of rotatable bonds is 3. The Bertz CT molecular complexity index is 393. The summed E-state index contributed by atoms with van der Waals surface area (Å²) < 4.78 is 5.50. The molecule has 2 nitrogen and oxygen atoms in total. The Kier molecular flexibility index (Phi) is 4.78. The Balaban J connectivity index is 2.74. The van der Waals surface area contributed by atoms with Gasteiger partial charge in [0, 0.05) is 0 Å². The van der Waals surface area contributed by atoms with E-state index < -0.39 is 0 Å². The molecule has 0 spiro atoms. The summed E-state index contributed by atoms with van der Waals surface area (Å²) in [5.74, 6) is -0.229. The van der Waals surface area contributed by atoms with Crippen LogP contribution in [0, 0.1) is 16.7 Å². The van der Waals surface area contributed by atoms with E-state index in [4.69, 9.17) is 4.74 Å². The fraction of sp³-hybridized carbons (Fsp3) is 0.588. The van der Waals surface area contributed by atoms with Gasteiger partial charge < -0.3 is 4.74 Å². The molecular weight excluding hydrogens is 236 g/mol. The molecule has 0 aliphatic carbocycles. The van der Waals surface area contributed by atoms with Crippen molar-refractivity contribution in [1.29, 1.82) is 0 Å². The molecule has 0 heterocycles. The molecule has 1 aromatic rings. The maximum atomic E-state index is 12.4. The molecule has 1 aromatic carbocycles. The number of esters is 1.